The fraction of sp³-hybridized carbons (Fsp3) is 0.394. The van der Waals surface area contributed by atoms with E-state index in [9.17, 15) is 9.90 Å². The van der Waals surface area contributed by atoms with Crippen LogP contribution in [0.1, 0.15) is 56.3 Å². The van der Waals surface area contributed by atoms with Crippen molar-refractivity contribution in [3.05, 3.63) is 95.6 Å². The molecule has 0 spiro atoms. The highest BCUT2D eigenvalue weighted by Crippen LogP contribution is 2.35. The first-order chi connectivity index (χ1) is 20.4. The van der Waals surface area contributed by atoms with Gasteiger partial charge in [-0.3, -0.25) is 14.6 Å². The number of aryl methyl sites for hydroxylation is 1. The van der Waals surface area contributed by atoms with Gasteiger partial charge in [0.1, 0.15) is 5.75 Å². The third kappa shape index (κ3) is 7.21. The summed E-state index contributed by atoms with van der Waals surface area (Å²) in [5.74, 6) is 0.598. The molecule has 1 saturated heterocycles. The number of hydrogen-bond donors (Lipinski definition) is 1. The number of aromatic hydroxyl groups is 1. The molecule has 0 saturated carbocycles. The summed E-state index contributed by atoms with van der Waals surface area (Å²) in [6, 6.07) is 27.2. The highest BCUT2D eigenvalue weighted by atomic mass is 16.5. The molecule has 9 nitrogen and oxygen atoms in total. The second kappa shape index (κ2) is 13.7. The van der Waals surface area contributed by atoms with Crippen LogP contribution in [0.4, 0.5) is 0 Å². The smallest absolute Gasteiger partial charge is 0.305 e. The zero-order valence-corrected chi connectivity index (χ0v) is 24.6. The molecule has 3 atom stereocenters. The summed E-state index contributed by atoms with van der Waals surface area (Å²) in [6.07, 6.45) is 0.918. The number of aromatic nitrogens is 4. The molecule has 1 aliphatic heterocycles. The van der Waals surface area contributed by atoms with Crippen LogP contribution in [0.25, 0.3) is 11.4 Å². The zero-order chi connectivity index (χ0) is 29.5. The van der Waals surface area contributed by atoms with E-state index in [0.717, 1.165) is 36.3 Å². The van der Waals surface area contributed by atoms with E-state index < -0.39 is 0 Å². The molecular weight excluding hydrogens is 528 g/mol. The summed E-state index contributed by atoms with van der Waals surface area (Å²) in [5, 5.41) is 23.3. The lowest BCUT2D eigenvalue weighted by molar-refractivity contribution is -0.143. The second-order valence-corrected chi connectivity index (χ2v) is 11.0. The number of rotatable bonds is 11. The SMILES string of the molecule is CCOC(=O)CCCn1nnc(-c2ccc([C@H](c3cccc(O)c3)N3C[C@@H](C)N(Cc4ccccc4)C[C@@H]3C)cc2)n1. The monoisotopic (exact) mass is 568 g/mol. The molecular formula is C33H40N6O3. The van der Waals surface area contributed by atoms with Gasteiger partial charge in [-0.05, 0) is 61.2 Å². The predicted molar refractivity (Wildman–Crippen MR) is 162 cm³/mol. The third-order valence-electron chi connectivity index (χ3n) is 7.89. The Morgan fingerprint density at radius 2 is 1.76 bits per heavy atom. The first-order valence-corrected chi connectivity index (χ1v) is 14.8. The van der Waals surface area contributed by atoms with Gasteiger partial charge in [0.2, 0.25) is 5.82 Å². The van der Waals surface area contributed by atoms with Crippen LogP contribution < -0.4 is 0 Å². The number of tetrazole rings is 1. The minimum absolute atomic E-state index is 0.0195. The highest BCUT2D eigenvalue weighted by molar-refractivity contribution is 5.69. The van der Waals surface area contributed by atoms with Crippen molar-refractivity contribution >= 4 is 5.97 Å². The molecule has 0 radical (unpaired) electrons. The number of nitrogens with zero attached hydrogens (tertiary/aromatic N) is 6. The molecule has 0 amide bonds. The Bertz CT molecular complexity index is 1440. The van der Waals surface area contributed by atoms with Crippen LogP contribution in [0.15, 0.2) is 78.9 Å². The van der Waals surface area contributed by atoms with Crippen LogP contribution in [0.5, 0.6) is 5.75 Å². The van der Waals surface area contributed by atoms with Gasteiger partial charge < -0.3 is 9.84 Å². The molecule has 9 heteroatoms. The molecule has 0 unspecified atom stereocenters. The summed E-state index contributed by atoms with van der Waals surface area (Å²) in [4.78, 5) is 18.2. The number of esters is 1. The molecule has 1 aliphatic rings. The summed E-state index contributed by atoms with van der Waals surface area (Å²) >= 11 is 0. The van der Waals surface area contributed by atoms with Crippen molar-refractivity contribution in [3.63, 3.8) is 0 Å². The van der Waals surface area contributed by atoms with E-state index in [4.69, 9.17) is 4.74 Å². The van der Waals surface area contributed by atoms with Gasteiger partial charge in [-0.15, -0.1) is 10.2 Å². The van der Waals surface area contributed by atoms with Crippen molar-refractivity contribution in [1.29, 1.82) is 0 Å². The Kier molecular flexibility index (Phi) is 9.61. The average Bonchev–Trinajstić information content (AvgIpc) is 3.46. The standard InChI is InChI=1S/C33H40N6O3/c1-4-42-31(41)14-9-19-39-35-33(34-36-39)28-17-15-27(16-18-28)32(29-12-8-13-30(40)20-29)38-22-24(2)37(21-25(38)3)23-26-10-6-5-7-11-26/h5-8,10-13,15-18,20,24-25,32,40H,4,9,14,19,21-23H2,1-3H3/t24-,25+,32-/m1/s1. The molecule has 1 fully saturated rings. The van der Waals surface area contributed by atoms with Crippen LogP contribution >= 0.6 is 0 Å². The molecule has 220 valence electrons. The molecule has 0 bridgehead atoms. The largest absolute Gasteiger partial charge is 0.508 e. The normalized spacial score (nSPS) is 18.5. The third-order valence-corrected chi connectivity index (χ3v) is 7.89. The fourth-order valence-corrected chi connectivity index (χ4v) is 5.76. The first kappa shape index (κ1) is 29.4. The van der Waals surface area contributed by atoms with Crippen LogP contribution in [-0.4, -0.2) is 72.9 Å². The molecule has 42 heavy (non-hydrogen) atoms. The number of hydrogen-bond acceptors (Lipinski definition) is 8. The number of phenolic OH excluding ortho intramolecular Hbond substituents is 1. The van der Waals surface area contributed by atoms with Gasteiger partial charge in [0.05, 0.1) is 19.2 Å². The topological polar surface area (TPSA) is 96.6 Å². The summed E-state index contributed by atoms with van der Waals surface area (Å²) < 4.78 is 4.98. The number of carbonyl (C=O) groups is 1. The molecule has 5 rings (SSSR count). The van der Waals surface area contributed by atoms with Crippen molar-refractivity contribution in [2.75, 3.05) is 19.7 Å². The van der Waals surface area contributed by atoms with Gasteiger partial charge in [-0.25, -0.2) is 0 Å². The van der Waals surface area contributed by atoms with Crippen LogP contribution in [0.3, 0.4) is 0 Å². The Balaban J connectivity index is 1.33. The van der Waals surface area contributed by atoms with E-state index in [-0.39, 0.29) is 17.8 Å². The lowest BCUT2D eigenvalue weighted by Crippen LogP contribution is -2.56. The van der Waals surface area contributed by atoms with Crippen molar-refractivity contribution in [3.8, 4) is 17.1 Å². The molecule has 1 N–H and O–H groups in total. The first-order valence-electron chi connectivity index (χ1n) is 14.8. The number of carbonyl (C=O) groups excluding carboxylic acids is 1. The summed E-state index contributed by atoms with van der Waals surface area (Å²) in [6.45, 7) is 10.1. The molecule has 1 aromatic heterocycles. The Hall–Kier alpha value is -4.08. The van der Waals surface area contributed by atoms with Gasteiger partial charge in [0.15, 0.2) is 0 Å². The molecule has 0 aliphatic carbocycles. The maximum absolute atomic E-state index is 11.6. The van der Waals surface area contributed by atoms with Crippen molar-refractivity contribution in [1.82, 2.24) is 30.0 Å². The quantitative estimate of drug-likeness (QED) is 0.251. The number of phenols is 1. The van der Waals surface area contributed by atoms with Crippen molar-refractivity contribution in [2.24, 2.45) is 0 Å². The van der Waals surface area contributed by atoms with E-state index in [1.807, 2.05) is 24.3 Å². The van der Waals surface area contributed by atoms with Gasteiger partial charge in [0.25, 0.3) is 0 Å². The Morgan fingerprint density at radius 3 is 2.50 bits per heavy atom. The molecule has 2 heterocycles. The van der Waals surface area contributed by atoms with E-state index in [1.165, 1.54) is 10.4 Å². The van der Waals surface area contributed by atoms with Gasteiger partial charge >= 0.3 is 5.97 Å². The van der Waals surface area contributed by atoms with Crippen LogP contribution in [0.2, 0.25) is 0 Å². The lowest BCUT2D eigenvalue weighted by Gasteiger charge is -2.47. The zero-order valence-electron chi connectivity index (χ0n) is 24.6. The van der Waals surface area contributed by atoms with Crippen LogP contribution in [-0.2, 0) is 22.6 Å². The van der Waals surface area contributed by atoms with E-state index in [1.54, 1.807) is 13.0 Å². The fourth-order valence-electron chi connectivity index (χ4n) is 5.76. The Morgan fingerprint density at radius 1 is 0.976 bits per heavy atom. The summed E-state index contributed by atoms with van der Waals surface area (Å²) in [7, 11) is 0. The van der Waals surface area contributed by atoms with E-state index >= 15 is 0 Å². The minimum atomic E-state index is -0.212. The minimum Gasteiger partial charge on any atom is -0.508 e. The van der Waals surface area contributed by atoms with Gasteiger partial charge in [-0.2, -0.15) is 4.80 Å². The van der Waals surface area contributed by atoms with Gasteiger partial charge in [0, 0.05) is 43.7 Å². The Labute approximate surface area is 247 Å². The lowest BCUT2D eigenvalue weighted by atomic mass is 9.92. The average molecular weight is 569 g/mol. The predicted octanol–water partition coefficient (Wildman–Crippen LogP) is 5.07. The number of benzene rings is 3. The number of piperazine rings is 1. The maximum Gasteiger partial charge on any atom is 0.305 e. The second-order valence-electron chi connectivity index (χ2n) is 11.0. The number of ether oxygens (including phenoxy) is 1. The molecule has 3 aromatic carbocycles. The highest BCUT2D eigenvalue weighted by Gasteiger charge is 2.35. The van der Waals surface area contributed by atoms with Gasteiger partial charge in [-0.1, -0.05) is 66.7 Å². The molecule has 4 aromatic rings. The van der Waals surface area contributed by atoms with Crippen molar-refractivity contribution in [2.45, 2.75) is 64.8 Å². The maximum atomic E-state index is 11.6. The summed E-state index contributed by atoms with van der Waals surface area (Å²) in [5.41, 5.74) is 4.40. The van der Waals surface area contributed by atoms with Crippen molar-refractivity contribution < 1.29 is 14.6 Å². The van der Waals surface area contributed by atoms with Crippen LogP contribution in [0, 0.1) is 0 Å². The van der Waals surface area contributed by atoms with E-state index in [0.29, 0.717) is 43.9 Å². The van der Waals surface area contributed by atoms with E-state index in [2.05, 4.69) is 87.6 Å².